The summed E-state index contributed by atoms with van der Waals surface area (Å²) < 4.78 is 0. The number of carbonyl (C=O) groups excluding carboxylic acids is 2. The van der Waals surface area contributed by atoms with Gasteiger partial charge < -0.3 is 10.2 Å². The second-order valence-corrected chi connectivity index (χ2v) is 8.75. The van der Waals surface area contributed by atoms with Gasteiger partial charge in [-0.25, -0.2) is 0 Å². The zero-order valence-corrected chi connectivity index (χ0v) is 19.2. The Morgan fingerprint density at radius 3 is 2.50 bits per heavy atom. The minimum atomic E-state index is -0.164. The molecule has 7 heteroatoms. The van der Waals surface area contributed by atoms with Crippen LogP contribution in [-0.2, 0) is 4.79 Å². The maximum Gasteiger partial charge on any atom is 0.272 e. The summed E-state index contributed by atoms with van der Waals surface area (Å²) in [6.07, 6.45) is 4.59. The number of hydrogen-bond donors (Lipinski definition) is 1. The van der Waals surface area contributed by atoms with Crippen molar-refractivity contribution in [2.45, 2.75) is 12.8 Å². The third-order valence-corrected chi connectivity index (χ3v) is 6.53. The summed E-state index contributed by atoms with van der Waals surface area (Å²) in [4.78, 5) is 36.1. The van der Waals surface area contributed by atoms with Crippen molar-refractivity contribution in [2.75, 3.05) is 18.4 Å². The minimum Gasteiger partial charge on any atom is -0.337 e. The van der Waals surface area contributed by atoms with Gasteiger partial charge in [-0.15, -0.1) is 0 Å². The van der Waals surface area contributed by atoms with E-state index in [1.54, 1.807) is 47.6 Å². The molecule has 1 aliphatic heterocycles. The smallest absolute Gasteiger partial charge is 0.272 e. The quantitative estimate of drug-likeness (QED) is 0.431. The monoisotopic (exact) mass is 470 g/mol. The Morgan fingerprint density at radius 1 is 0.912 bits per heavy atom. The van der Waals surface area contributed by atoms with Crippen molar-refractivity contribution in [2.24, 2.45) is 5.92 Å². The average molecular weight is 471 g/mol. The molecule has 0 aliphatic carbocycles. The number of carbonyl (C=O) groups is 2. The molecule has 5 rings (SSSR count). The predicted molar refractivity (Wildman–Crippen MR) is 134 cm³/mol. The zero-order valence-electron chi connectivity index (χ0n) is 18.4. The van der Waals surface area contributed by atoms with Crippen molar-refractivity contribution < 1.29 is 9.59 Å². The lowest BCUT2D eigenvalue weighted by atomic mass is 9.95. The van der Waals surface area contributed by atoms with E-state index in [0.717, 1.165) is 22.0 Å². The Labute approximate surface area is 202 Å². The van der Waals surface area contributed by atoms with Crippen molar-refractivity contribution in [3.05, 3.63) is 89.8 Å². The van der Waals surface area contributed by atoms with Crippen LogP contribution in [-0.4, -0.2) is 39.8 Å². The van der Waals surface area contributed by atoms with Crippen LogP contribution in [0.5, 0.6) is 0 Å². The molecule has 34 heavy (non-hydrogen) atoms. The molecule has 0 saturated carbocycles. The molecule has 0 spiro atoms. The molecular weight excluding hydrogens is 448 g/mol. The van der Waals surface area contributed by atoms with E-state index < -0.39 is 0 Å². The second-order valence-electron chi connectivity index (χ2n) is 8.35. The fourth-order valence-electron chi connectivity index (χ4n) is 4.36. The first kappa shape index (κ1) is 22.0. The molecule has 170 valence electrons. The van der Waals surface area contributed by atoms with Gasteiger partial charge in [-0.05, 0) is 54.6 Å². The number of halogens is 1. The van der Waals surface area contributed by atoms with E-state index in [9.17, 15) is 9.59 Å². The molecule has 2 aromatic heterocycles. The fourth-order valence-corrected chi connectivity index (χ4v) is 4.57. The number of nitrogens with one attached hydrogen (secondary N) is 1. The topological polar surface area (TPSA) is 75.2 Å². The average Bonchev–Trinajstić information content (AvgIpc) is 2.89. The van der Waals surface area contributed by atoms with Crippen LogP contribution in [0.2, 0.25) is 5.02 Å². The summed E-state index contributed by atoms with van der Waals surface area (Å²) in [5.41, 5.74) is 2.65. The number of piperidine rings is 1. The number of anilines is 1. The Morgan fingerprint density at radius 2 is 1.71 bits per heavy atom. The van der Waals surface area contributed by atoms with Crippen molar-refractivity contribution >= 4 is 39.9 Å². The van der Waals surface area contributed by atoms with E-state index in [2.05, 4.69) is 15.3 Å². The van der Waals surface area contributed by atoms with E-state index in [1.807, 2.05) is 36.4 Å². The first-order chi connectivity index (χ1) is 16.6. The first-order valence-corrected chi connectivity index (χ1v) is 11.6. The minimum absolute atomic E-state index is 0.0518. The number of rotatable bonds is 4. The van der Waals surface area contributed by atoms with Gasteiger partial charge in [0.15, 0.2) is 0 Å². The van der Waals surface area contributed by atoms with Gasteiger partial charge in [0.05, 0.1) is 10.7 Å². The van der Waals surface area contributed by atoms with Crippen molar-refractivity contribution in [3.8, 4) is 11.3 Å². The summed E-state index contributed by atoms with van der Waals surface area (Å²) in [5.74, 6) is -0.309. The van der Waals surface area contributed by atoms with Gasteiger partial charge in [-0.1, -0.05) is 41.9 Å². The number of benzene rings is 2. The molecule has 1 saturated heterocycles. The van der Waals surface area contributed by atoms with Crippen LogP contribution in [0.3, 0.4) is 0 Å². The molecular formula is C27H23ClN4O2. The first-order valence-electron chi connectivity index (χ1n) is 11.2. The number of pyridine rings is 2. The highest BCUT2D eigenvalue weighted by molar-refractivity contribution is 6.33. The number of hydrogen-bond acceptors (Lipinski definition) is 4. The maximum absolute atomic E-state index is 13.0. The van der Waals surface area contributed by atoms with Gasteiger partial charge in [-0.2, -0.15) is 0 Å². The Kier molecular flexibility index (Phi) is 6.23. The molecule has 0 unspecified atom stereocenters. The van der Waals surface area contributed by atoms with E-state index >= 15 is 0 Å². The maximum atomic E-state index is 13.0. The van der Waals surface area contributed by atoms with Crippen LogP contribution >= 0.6 is 11.6 Å². The fraction of sp³-hybridized carbons (Fsp3) is 0.185. The normalized spacial score (nSPS) is 14.2. The predicted octanol–water partition coefficient (Wildman–Crippen LogP) is 5.44. The highest BCUT2D eigenvalue weighted by Crippen LogP contribution is 2.34. The molecule has 6 nitrogen and oxygen atoms in total. The van der Waals surface area contributed by atoms with E-state index in [4.69, 9.17) is 11.6 Å². The van der Waals surface area contributed by atoms with Crippen molar-refractivity contribution in [3.63, 3.8) is 0 Å². The van der Waals surface area contributed by atoms with Gasteiger partial charge >= 0.3 is 0 Å². The third-order valence-electron chi connectivity index (χ3n) is 6.20. The summed E-state index contributed by atoms with van der Waals surface area (Å²) in [7, 11) is 0. The molecule has 2 amide bonds. The number of likely N-dealkylation sites (tertiary alicyclic amines) is 1. The standard InChI is InChI=1S/C27H23ClN4O2/c28-23-9-8-20(17-22(23)25-21-6-2-1-5-18(21)10-14-30-25)31-26(33)19-11-15-32(16-12-19)27(34)24-7-3-4-13-29-24/h1-10,13-14,17,19H,11-12,15-16H2,(H,31,33). The van der Waals surface area contributed by atoms with Crippen molar-refractivity contribution in [1.29, 1.82) is 0 Å². The summed E-state index contributed by atoms with van der Waals surface area (Å²) in [6, 6.07) is 20.7. The Hall–Kier alpha value is -3.77. The molecule has 1 N–H and O–H groups in total. The third kappa shape index (κ3) is 4.50. The molecule has 1 fully saturated rings. The number of amides is 2. The van der Waals surface area contributed by atoms with Crippen molar-refractivity contribution in [1.82, 2.24) is 14.9 Å². The van der Waals surface area contributed by atoms with Crippen LogP contribution in [0.25, 0.3) is 22.0 Å². The van der Waals surface area contributed by atoms with Gasteiger partial charge in [0.25, 0.3) is 5.91 Å². The van der Waals surface area contributed by atoms with E-state index in [-0.39, 0.29) is 17.7 Å². The second kappa shape index (κ2) is 9.61. The van der Waals surface area contributed by atoms with Gasteiger partial charge in [0, 0.05) is 48.0 Å². The Balaban J connectivity index is 1.28. The molecule has 1 aliphatic rings. The zero-order chi connectivity index (χ0) is 23.5. The largest absolute Gasteiger partial charge is 0.337 e. The molecule has 0 bridgehead atoms. The SMILES string of the molecule is O=C(Nc1ccc(Cl)c(-c2nccc3ccccc23)c1)C1CCN(C(=O)c2ccccn2)CC1. The molecule has 2 aromatic carbocycles. The molecule has 3 heterocycles. The van der Waals surface area contributed by atoms with E-state index in [1.165, 1.54) is 0 Å². The van der Waals surface area contributed by atoms with Crippen LogP contribution in [0, 0.1) is 5.92 Å². The summed E-state index contributed by atoms with van der Waals surface area (Å²) >= 11 is 6.52. The molecule has 4 aromatic rings. The highest BCUT2D eigenvalue weighted by atomic mass is 35.5. The van der Waals surface area contributed by atoms with Gasteiger partial charge in [0.1, 0.15) is 5.69 Å². The summed E-state index contributed by atoms with van der Waals surface area (Å²) in [6.45, 7) is 1.05. The lowest BCUT2D eigenvalue weighted by molar-refractivity contribution is -0.121. The van der Waals surface area contributed by atoms with Crippen LogP contribution < -0.4 is 5.32 Å². The van der Waals surface area contributed by atoms with E-state index in [0.29, 0.717) is 42.3 Å². The van der Waals surface area contributed by atoms with Gasteiger partial charge in [0.2, 0.25) is 5.91 Å². The number of aromatic nitrogens is 2. The summed E-state index contributed by atoms with van der Waals surface area (Å²) in [5, 5.41) is 5.68. The van der Waals surface area contributed by atoms with Gasteiger partial charge in [-0.3, -0.25) is 19.6 Å². The van der Waals surface area contributed by atoms with Crippen LogP contribution in [0.15, 0.2) is 79.1 Å². The molecule has 0 atom stereocenters. The lowest BCUT2D eigenvalue weighted by Crippen LogP contribution is -2.41. The molecule has 0 radical (unpaired) electrons. The van der Waals surface area contributed by atoms with Crippen LogP contribution in [0.4, 0.5) is 5.69 Å². The Bertz CT molecular complexity index is 1350. The van der Waals surface area contributed by atoms with Crippen LogP contribution in [0.1, 0.15) is 23.3 Å². The number of nitrogens with zero attached hydrogens (tertiary/aromatic N) is 3. The highest BCUT2D eigenvalue weighted by Gasteiger charge is 2.28. The lowest BCUT2D eigenvalue weighted by Gasteiger charge is -2.31. The number of fused-ring (bicyclic) bond motifs is 1.